The monoisotopic (exact) mass is 294 g/mol. The van der Waals surface area contributed by atoms with Crippen LogP contribution in [0.15, 0.2) is 35.2 Å². The average molecular weight is 294 g/mol. The molecule has 20 heavy (non-hydrogen) atoms. The van der Waals surface area contributed by atoms with E-state index in [1.807, 2.05) is 6.07 Å². The lowest BCUT2D eigenvalue weighted by atomic mass is 10.0. The van der Waals surface area contributed by atoms with Crippen LogP contribution in [-0.4, -0.2) is 35.5 Å². The summed E-state index contributed by atoms with van der Waals surface area (Å²) in [6, 6.07) is 10.4. The van der Waals surface area contributed by atoms with Crippen LogP contribution < -0.4 is 0 Å². The summed E-state index contributed by atoms with van der Waals surface area (Å²) in [4.78, 5) is 1.26. The van der Waals surface area contributed by atoms with Gasteiger partial charge in [-0.2, -0.15) is 0 Å². The van der Waals surface area contributed by atoms with Crippen LogP contribution in [0.1, 0.15) is 32.1 Å². The first-order chi connectivity index (χ1) is 9.85. The zero-order valence-corrected chi connectivity index (χ0v) is 12.4. The summed E-state index contributed by atoms with van der Waals surface area (Å²) in [7, 11) is 0. The summed E-state index contributed by atoms with van der Waals surface area (Å²) in [5.74, 6) is 0. The van der Waals surface area contributed by atoms with Gasteiger partial charge < -0.3 is 14.6 Å². The Kier molecular flexibility index (Phi) is 4.99. The van der Waals surface area contributed by atoms with Crippen molar-refractivity contribution in [2.75, 3.05) is 6.61 Å². The minimum atomic E-state index is 0.00641. The molecule has 0 spiro atoms. The second kappa shape index (κ2) is 6.94. The van der Waals surface area contributed by atoms with Gasteiger partial charge in [0, 0.05) is 4.90 Å². The topological polar surface area (TPSA) is 38.7 Å². The minimum absolute atomic E-state index is 0.00641. The Morgan fingerprint density at radius 3 is 2.60 bits per heavy atom. The number of hydrogen-bond donors (Lipinski definition) is 1. The van der Waals surface area contributed by atoms with Crippen LogP contribution in [0.4, 0.5) is 0 Å². The molecule has 0 aliphatic carbocycles. The van der Waals surface area contributed by atoms with Crippen molar-refractivity contribution in [1.82, 2.24) is 0 Å². The van der Waals surface area contributed by atoms with Gasteiger partial charge in [-0.05, 0) is 44.2 Å². The molecule has 0 aromatic heterocycles. The van der Waals surface area contributed by atoms with Gasteiger partial charge in [-0.25, -0.2) is 0 Å². The zero-order chi connectivity index (χ0) is 13.8. The Balaban J connectivity index is 1.58. The van der Waals surface area contributed by atoms with Crippen LogP contribution in [0.5, 0.6) is 0 Å². The fraction of sp³-hybridized carbons (Fsp3) is 0.625. The van der Waals surface area contributed by atoms with Crippen molar-refractivity contribution < 1.29 is 14.6 Å². The largest absolute Gasteiger partial charge is 0.394 e. The Bertz CT molecular complexity index is 411. The molecule has 2 fully saturated rings. The molecule has 0 amide bonds. The molecule has 0 saturated carbocycles. The molecule has 0 radical (unpaired) electrons. The summed E-state index contributed by atoms with van der Waals surface area (Å²) in [5, 5.41) is 9.28. The van der Waals surface area contributed by atoms with Gasteiger partial charge in [0.1, 0.15) is 5.44 Å². The Labute approximate surface area is 124 Å². The number of thioether (sulfide) groups is 1. The van der Waals surface area contributed by atoms with Gasteiger partial charge in [0.15, 0.2) is 0 Å². The predicted molar refractivity (Wildman–Crippen MR) is 79.8 cm³/mol. The Morgan fingerprint density at radius 2 is 1.80 bits per heavy atom. The van der Waals surface area contributed by atoms with E-state index in [1.54, 1.807) is 11.8 Å². The van der Waals surface area contributed by atoms with Crippen LogP contribution >= 0.6 is 11.8 Å². The lowest BCUT2D eigenvalue weighted by Gasteiger charge is -2.35. The minimum Gasteiger partial charge on any atom is -0.394 e. The molecule has 0 bridgehead atoms. The molecule has 3 nitrogen and oxygen atoms in total. The molecule has 3 rings (SSSR count). The SMILES string of the molecule is OC[C@H]1CCC[C@@H]2O[C@@H](Sc3ccccc3)CC[C@H]2O1. The quantitative estimate of drug-likeness (QED) is 0.929. The van der Waals surface area contributed by atoms with Crippen molar-refractivity contribution in [1.29, 1.82) is 0 Å². The maximum atomic E-state index is 9.28. The molecule has 4 atom stereocenters. The van der Waals surface area contributed by atoms with Crippen molar-refractivity contribution in [3.63, 3.8) is 0 Å². The highest BCUT2D eigenvalue weighted by Crippen LogP contribution is 2.36. The molecule has 2 aliphatic heterocycles. The van der Waals surface area contributed by atoms with Gasteiger partial charge in [0.05, 0.1) is 24.9 Å². The number of fused-ring (bicyclic) bond motifs is 1. The third-order valence-corrected chi connectivity index (χ3v) is 5.18. The van der Waals surface area contributed by atoms with E-state index in [2.05, 4.69) is 24.3 Å². The lowest BCUT2D eigenvalue weighted by molar-refractivity contribution is -0.135. The van der Waals surface area contributed by atoms with Crippen LogP contribution in [0.2, 0.25) is 0 Å². The third kappa shape index (κ3) is 3.55. The van der Waals surface area contributed by atoms with E-state index in [-0.39, 0.29) is 30.4 Å². The summed E-state index contributed by atoms with van der Waals surface area (Å²) < 4.78 is 12.2. The molecule has 2 heterocycles. The number of aliphatic hydroxyl groups excluding tert-OH is 1. The molecular formula is C16H22O3S. The van der Waals surface area contributed by atoms with E-state index in [0.717, 1.165) is 32.1 Å². The van der Waals surface area contributed by atoms with Crippen LogP contribution in [0, 0.1) is 0 Å². The summed E-state index contributed by atoms with van der Waals surface area (Å²) >= 11 is 1.81. The number of rotatable bonds is 3. The molecular weight excluding hydrogens is 272 g/mol. The molecule has 4 heteroatoms. The maximum Gasteiger partial charge on any atom is 0.108 e. The first kappa shape index (κ1) is 14.4. The molecule has 1 aromatic rings. The van der Waals surface area contributed by atoms with Crippen molar-refractivity contribution in [2.24, 2.45) is 0 Å². The highest BCUT2D eigenvalue weighted by molar-refractivity contribution is 7.99. The van der Waals surface area contributed by atoms with Gasteiger partial charge in [0.2, 0.25) is 0 Å². The first-order valence-corrected chi connectivity index (χ1v) is 8.36. The van der Waals surface area contributed by atoms with E-state index in [1.165, 1.54) is 4.90 Å². The van der Waals surface area contributed by atoms with Crippen molar-refractivity contribution >= 4 is 11.8 Å². The zero-order valence-electron chi connectivity index (χ0n) is 11.6. The van der Waals surface area contributed by atoms with Crippen LogP contribution in [0.3, 0.4) is 0 Å². The molecule has 1 aromatic carbocycles. The number of benzene rings is 1. The lowest BCUT2D eigenvalue weighted by Crippen LogP contribution is -2.40. The van der Waals surface area contributed by atoms with E-state index < -0.39 is 0 Å². The number of ether oxygens (including phenoxy) is 2. The van der Waals surface area contributed by atoms with E-state index in [9.17, 15) is 5.11 Å². The molecule has 110 valence electrons. The Morgan fingerprint density at radius 1 is 1.00 bits per heavy atom. The fourth-order valence-corrected chi connectivity index (χ4v) is 4.05. The highest BCUT2D eigenvalue weighted by Gasteiger charge is 2.35. The fourth-order valence-electron chi connectivity index (χ4n) is 2.98. The van der Waals surface area contributed by atoms with Crippen molar-refractivity contribution in [2.45, 2.75) is 60.7 Å². The van der Waals surface area contributed by atoms with Gasteiger partial charge in [0.25, 0.3) is 0 Å². The third-order valence-electron chi connectivity index (χ3n) is 4.02. The first-order valence-electron chi connectivity index (χ1n) is 7.48. The highest BCUT2D eigenvalue weighted by atomic mass is 32.2. The summed E-state index contributed by atoms with van der Waals surface area (Å²) in [5.41, 5.74) is 0.230. The standard InChI is InChI=1S/C16H22O3S/c17-11-12-5-4-8-14-15(18-12)9-10-16(19-14)20-13-6-2-1-3-7-13/h1-3,6-7,12,14-17H,4-5,8-11H2/t12-,14+,15-,16+/m1/s1. The maximum absolute atomic E-state index is 9.28. The Hall–Kier alpha value is -0.550. The normalized spacial score (nSPS) is 34.2. The van der Waals surface area contributed by atoms with E-state index >= 15 is 0 Å². The van der Waals surface area contributed by atoms with E-state index in [4.69, 9.17) is 9.47 Å². The molecule has 2 saturated heterocycles. The molecule has 0 unspecified atom stereocenters. The second-order valence-corrected chi connectivity index (χ2v) is 6.76. The summed E-state index contributed by atoms with van der Waals surface area (Å²) in [6.45, 7) is 0.130. The van der Waals surface area contributed by atoms with Gasteiger partial charge >= 0.3 is 0 Å². The smallest absolute Gasteiger partial charge is 0.108 e. The van der Waals surface area contributed by atoms with Gasteiger partial charge in [-0.15, -0.1) is 0 Å². The van der Waals surface area contributed by atoms with Crippen LogP contribution in [0.25, 0.3) is 0 Å². The summed E-state index contributed by atoms with van der Waals surface area (Å²) in [6.07, 6.45) is 5.49. The van der Waals surface area contributed by atoms with Crippen molar-refractivity contribution in [3.05, 3.63) is 30.3 Å². The van der Waals surface area contributed by atoms with E-state index in [0.29, 0.717) is 0 Å². The number of hydrogen-bond acceptors (Lipinski definition) is 4. The second-order valence-electron chi connectivity index (χ2n) is 5.52. The predicted octanol–water partition coefficient (Wildman–Crippen LogP) is 3.21. The van der Waals surface area contributed by atoms with Gasteiger partial charge in [-0.3, -0.25) is 0 Å². The van der Waals surface area contributed by atoms with Crippen LogP contribution in [-0.2, 0) is 9.47 Å². The van der Waals surface area contributed by atoms with Crippen molar-refractivity contribution in [3.8, 4) is 0 Å². The molecule has 2 aliphatic rings. The number of aliphatic hydroxyl groups is 1. The molecule has 1 N–H and O–H groups in total. The average Bonchev–Trinajstić information content (AvgIpc) is 2.69. The van der Waals surface area contributed by atoms with Gasteiger partial charge in [-0.1, -0.05) is 30.0 Å².